The molecule has 0 amide bonds. The number of rotatable bonds is 2. The van der Waals surface area contributed by atoms with Crippen LogP contribution in [0.1, 0.15) is 23.9 Å². The molecular formula is C18H15BrN4O2. The van der Waals surface area contributed by atoms with Gasteiger partial charge in [-0.15, -0.1) is 5.10 Å². The van der Waals surface area contributed by atoms with Crippen molar-refractivity contribution >= 4 is 32.7 Å². The minimum atomic E-state index is -0.207. The van der Waals surface area contributed by atoms with E-state index in [4.69, 9.17) is 4.84 Å². The maximum atomic E-state index is 12.8. The van der Waals surface area contributed by atoms with Crippen LogP contribution in [0.15, 0.2) is 62.9 Å². The predicted octanol–water partition coefficient (Wildman–Crippen LogP) is 3.30. The number of fused-ring (bicyclic) bond motifs is 1. The molecule has 6 nitrogen and oxygen atoms in total. The molecule has 1 fully saturated rings. The van der Waals surface area contributed by atoms with E-state index in [-0.39, 0.29) is 11.7 Å². The Balaban J connectivity index is 1.71. The third-order valence-electron chi connectivity index (χ3n) is 4.06. The highest BCUT2D eigenvalue weighted by molar-refractivity contribution is 9.10. The topological polar surface area (TPSA) is 68.5 Å². The van der Waals surface area contributed by atoms with Crippen LogP contribution in [0.4, 0.5) is 0 Å². The smallest absolute Gasteiger partial charge is 0.267 e. The second-order valence-corrected chi connectivity index (χ2v) is 6.72. The van der Waals surface area contributed by atoms with Crippen molar-refractivity contribution in [2.75, 3.05) is 0 Å². The van der Waals surface area contributed by atoms with Crippen molar-refractivity contribution < 1.29 is 4.84 Å². The summed E-state index contributed by atoms with van der Waals surface area (Å²) in [6.45, 7) is 1.76. The molecule has 0 bridgehead atoms. The predicted molar refractivity (Wildman–Crippen MR) is 99.3 cm³/mol. The van der Waals surface area contributed by atoms with Gasteiger partial charge < -0.3 is 0 Å². The van der Waals surface area contributed by atoms with Crippen LogP contribution in [0.5, 0.6) is 0 Å². The van der Waals surface area contributed by atoms with E-state index in [2.05, 4.69) is 31.5 Å². The largest absolute Gasteiger partial charge is 0.282 e. The van der Waals surface area contributed by atoms with Gasteiger partial charge in [0.2, 0.25) is 0 Å². The fraction of sp³-hybridized carbons (Fsp3) is 0.167. The third-order valence-corrected chi connectivity index (χ3v) is 4.55. The summed E-state index contributed by atoms with van der Waals surface area (Å²) in [6.07, 6.45) is 0.436. The highest BCUT2D eigenvalue weighted by Gasteiger charge is 2.23. The first-order valence-corrected chi connectivity index (χ1v) is 8.64. The summed E-state index contributed by atoms with van der Waals surface area (Å²) in [5.41, 5.74) is 4.33. The minimum Gasteiger partial charge on any atom is -0.267 e. The number of nitrogens with one attached hydrogen (secondary N) is 1. The summed E-state index contributed by atoms with van der Waals surface area (Å²) in [5, 5.41) is 4.94. The van der Waals surface area contributed by atoms with Gasteiger partial charge in [0.25, 0.3) is 5.56 Å². The molecule has 4 rings (SSSR count). The lowest BCUT2D eigenvalue weighted by molar-refractivity contribution is 0.0447. The van der Waals surface area contributed by atoms with Crippen molar-refractivity contribution in [2.24, 2.45) is 5.10 Å². The molecule has 25 heavy (non-hydrogen) atoms. The fourth-order valence-electron chi connectivity index (χ4n) is 2.81. The van der Waals surface area contributed by atoms with Crippen LogP contribution < -0.4 is 11.0 Å². The number of hydroxylamine groups is 1. The minimum absolute atomic E-state index is 0.126. The van der Waals surface area contributed by atoms with Gasteiger partial charge >= 0.3 is 0 Å². The summed E-state index contributed by atoms with van der Waals surface area (Å²) in [7, 11) is 0. The fourth-order valence-corrected chi connectivity index (χ4v) is 3.17. The Morgan fingerprint density at radius 2 is 2.08 bits per heavy atom. The first-order chi connectivity index (χ1) is 12.1. The van der Waals surface area contributed by atoms with Crippen molar-refractivity contribution in [3.8, 4) is 0 Å². The van der Waals surface area contributed by atoms with E-state index < -0.39 is 0 Å². The van der Waals surface area contributed by atoms with Gasteiger partial charge in [0.1, 0.15) is 17.8 Å². The van der Waals surface area contributed by atoms with Crippen molar-refractivity contribution in [1.82, 2.24) is 15.1 Å². The lowest BCUT2D eigenvalue weighted by Gasteiger charge is -2.06. The van der Waals surface area contributed by atoms with E-state index in [0.717, 1.165) is 10.0 Å². The number of nitrogens with zero attached hydrogens (tertiary/aromatic N) is 3. The molecule has 126 valence electrons. The molecule has 0 saturated carbocycles. The van der Waals surface area contributed by atoms with Gasteiger partial charge in [0, 0.05) is 10.9 Å². The second kappa shape index (κ2) is 6.42. The monoisotopic (exact) mass is 398 g/mol. The molecule has 2 aromatic carbocycles. The number of benzene rings is 2. The molecule has 1 saturated heterocycles. The van der Waals surface area contributed by atoms with Gasteiger partial charge in [-0.2, -0.15) is 4.68 Å². The molecule has 1 unspecified atom stereocenters. The quantitative estimate of drug-likeness (QED) is 0.718. The zero-order valence-electron chi connectivity index (χ0n) is 13.4. The average molecular weight is 399 g/mol. The van der Waals surface area contributed by atoms with E-state index in [0.29, 0.717) is 29.0 Å². The molecule has 0 radical (unpaired) electrons. The molecule has 2 heterocycles. The van der Waals surface area contributed by atoms with Crippen molar-refractivity contribution in [1.29, 1.82) is 0 Å². The van der Waals surface area contributed by atoms with Crippen molar-refractivity contribution in [3.63, 3.8) is 0 Å². The van der Waals surface area contributed by atoms with E-state index in [1.165, 1.54) is 4.68 Å². The van der Waals surface area contributed by atoms with Crippen LogP contribution >= 0.6 is 15.9 Å². The molecule has 1 aliphatic rings. The highest BCUT2D eigenvalue weighted by Crippen LogP contribution is 2.24. The van der Waals surface area contributed by atoms with Crippen molar-refractivity contribution in [3.05, 3.63) is 74.7 Å². The molecule has 3 aromatic rings. The van der Waals surface area contributed by atoms with E-state index >= 15 is 0 Å². The Kier molecular flexibility index (Phi) is 4.10. The summed E-state index contributed by atoms with van der Waals surface area (Å²) < 4.78 is 2.14. The maximum absolute atomic E-state index is 12.8. The Morgan fingerprint density at radius 3 is 2.88 bits per heavy atom. The van der Waals surface area contributed by atoms with Crippen molar-refractivity contribution in [2.45, 2.75) is 19.4 Å². The van der Waals surface area contributed by atoms with Gasteiger partial charge in [-0.3, -0.25) is 15.1 Å². The number of aryl methyl sites for hydroxylation is 1. The van der Waals surface area contributed by atoms with Crippen LogP contribution in [0.3, 0.4) is 0 Å². The molecule has 1 N–H and O–H groups in total. The Bertz CT molecular complexity index is 1030. The SMILES string of the molecule is Cc1nc2ccc(Br)cc2c(=O)n1/N=C1\CC(c2ccccc2)ON1. The summed E-state index contributed by atoms with van der Waals surface area (Å²) in [6, 6.07) is 15.3. The number of halogens is 1. The third kappa shape index (κ3) is 3.08. The molecule has 1 aromatic heterocycles. The van der Waals surface area contributed by atoms with Crippen LogP contribution in [-0.2, 0) is 4.84 Å². The van der Waals surface area contributed by atoms with Gasteiger partial charge in [-0.05, 0) is 30.7 Å². The normalized spacial score (nSPS) is 18.6. The summed E-state index contributed by atoms with van der Waals surface area (Å²) in [4.78, 5) is 22.8. The zero-order valence-corrected chi connectivity index (χ0v) is 15.0. The lowest BCUT2D eigenvalue weighted by atomic mass is 10.1. The Hall–Kier alpha value is -2.51. The van der Waals surface area contributed by atoms with E-state index in [9.17, 15) is 4.79 Å². The zero-order chi connectivity index (χ0) is 17.4. The van der Waals surface area contributed by atoms with Gasteiger partial charge in [0.05, 0.1) is 10.9 Å². The highest BCUT2D eigenvalue weighted by atomic mass is 79.9. The average Bonchev–Trinajstić information content (AvgIpc) is 3.09. The first kappa shape index (κ1) is 16.0. The summed E-state index contributed by atoms with van der Waals surface area (Å²) in [5.74, 6) is 1.12. The van der Waals surface area contributed by atoms with Crippen LogP contribution in [-0.4, -0.2) is 15.5 Å². The first-order valence-electron chi connectivity index (χ1n) is 7.85. The van der Waals surface area contributed by atoms with Gasteiger partial charge in [0.15, 0.2) is 0 Å². The van der Waals surface area contributed by atoms with Gasteiger partial charge in [-0.25, -0.2) is 4.98 Å². The molecular weight excluding hydrogens is 384 g/mol. The van der Waals surface area contributed by atoms with Crippen LogP contribution in [0.25, 0.3) is 10.9 Å². The molecule has 1 aliphatic heterocycles. The number of amidine groups is 1. The van der Waals surface area contributed by atoms with E-state index in [1.54, 1.807) is 13.0 Å². The molecule has 0 aliphatic carbocycles. The second-order valence-electron chi connectivity index (χ2n) is 5.81. The maximum Gasteiger partial charge on any atom is 0.282 e. The number of hydrogen-bond donors (Lipinski definition) is 1. The van der Waals surface area contributed by atoms with Crippen LogP contribution in [0, 0.1) is 6.92 Å². The standard InChI is InChI=1S/C18H15BrN4O2/c1-11-20-15-8-7-13(19)9-14(15)18(24)23(11)21-17-10-16(25-22-17)12-5-3-2-4-6-12/h2-9,16H,10H2,1H3,(H,21,22). The molecule has 0 spiro atoms. The number of aromatic nitrogens is 2. The Morgan fingerprint density at radius 1 is 1.28 bits per heavy atom. The molecule has 7 heteroatoms. The molecule has 1 atom stereocenters. The van der Waals surface area contributed by atoms with Gasteiger partial charge in [-0.1, -0.05) is 46.3 Å². The van der Waals surface area contributed by atoms with E-state index in [1.807, 2.05) is 42.5 Å². The number of hydrogen-bond acceptors (Lipinski definition) is 4. The van der Waals surface area contributed by atoms with Crippen LogP contribution in [0.2, 0.25) is 0 Å². The lowest BCUT2D eigenvalue weighted by Crippen LogP contribution is -2.24. The Labute approximate surface area is 152 Å². The summed E-state index contributed by atoms with van der Waals surface area (Å²) >= 11 is 3.39.